The van der Waals surface area contributed by atoms with Crippen molar-refractivity contribution in [3.05, 3.63) is 77.2 Å². The van der Waals surface area contributed by atoms with E-state index in [0.717, 1.165) is 18.2 Å². The van der Waals surface area contributed by atoms with Gasteiger partial charge in [-0.2, -0.15) is 4.98 Å². The van der Waals surface area contributed by atoms with Gasteiger partial charge in [0.15, 0.2) is 17.3 Å². The Morgan fingerprint density at radius 3 is 2.66 bits per heavy atom. The van der Waals surface area contributed by atoms with Crippen LogP contribution in [0.2, 0.25) is 0 Å². The van der Waals surface area contributed by atoms with Crippen LogP contribution in [0.15, 0.2) is 60.0 Å². The monoisotopic (exact) mass is 564 g/mol. The van der Waals surface area contributed by atoms with Crippen LogP contribution < -0.4 is 30.6 Å². The second-order valence-electron chi connectivity index (χ2n) is 9.30. The summed E-state index contributed by atoms with van der Waals surface area (Å²) in [5, 5.41) is 16.3. The number of amides is 1. The van der Waals surface area contributed by atoms with Gasteiger partial charge in [-0.1, -0.05) is 6.58 Å². The predicted molar refractivity (Wildman–Crippen MR) is 149 cm³/mol. The number of hydrogen-bond acceptors (Lipinski definition) is 9. The van der Waals surface area contributed by atoms with E-state index in [1.54, 1.807) is 12.1 Å². The highest BCUT2D eigenvalue weighted by Crippen LogP contribution is 2.39. The van der Waals surface area contributed by atoms with Crippen molar-refractivity contribution in [2.45, 2.75) is 12.5 Å². The number of aliphatic hydroxyl groups is 1. The molecule has 41 heavy (non-hydrogen) atoms. The smallest absolute Gasteiger partial charge is 0.294 e. The van der Waals surface area contributed by atoms with Gasteiger partial charge in [0.05, 0.1) is 30.3 Å². The van der Waals surface area contributed by atoms with Gasteiger partial charge in [0.25, 0.3) is 5.56 Å². The maximum atomic E-state index is 14.1. The van der Waals surface area contributed by atoms with Crippen LogP contribution in [-0.2, 0) is 11.8 Å². The molecule has 2 aromatic heterocycles. The first-order valence-electron chi connectivity index (χ1n) is 12.5. The molecule has 0 aliphatic carbocycles. The summed E-state index contributed by atoms with van der Waals surface area (Å²) in [5.41, 5.74) is 1.18. The minimum Gasteiger partial charge on any atom is -0.494 e. The number of rotatable bonds is 8. The zero-order chi connectivity index (χ0) is 29.3. The Labute approximate surface area is 232 Å². The van der Waals surface area contributed by atoms with Gasteiger partial charge >= 0.3 is 0 Å². The highest BCUT2D eigenvalue weighted by atomic mass is 19.1. The van der Waals surface area contributed by atoms with E-state index in [9.17, 15) is 23.5 Å². The molecule has 0 bridgehead atoms. The summed E-state index contributed by atoms with van der Waals surface area (Å²) in [7, 11) is 2.96. The number of hydrogen-bond donors (Lipinski definition) is 3. The van der Waals surface area contributed by atoms with Crippen LogP contribution in [0.5, 0.6) is 17.2 Å². The first-order valence-corrected chi connectivity index (χ1v) is 12.5. The summed E-state index contributed by atoms with van der Waals surface area (Å²) in [6.07, 6.45) is 2.70. The Kier molecular flexibility index (Phi) is 7.53. The Morgan fingerprint density at radius 2 is 1.98 bits per heavy atom. The van der Waals surface area contributed by atoms with E-state index in [4.69, 9.17) is 9.47 Å². The third-order valence-corrected chi connectivity index (χ3v) is 6.54. The summed E-state index contributed by atoms with van der Waals surface area (Å²) < 4.78 is 39.6. The van der Waals surface area contributed by atoms with Gasteiger partial charge in [-0.05, 0) is 36.8 Å². The van der Waals surface area contributed by atoms with E-state index >= 15 is 0 Å². The first-order chi connectivity index (χ1) is 19.7. The van der Waals surface area contributed by atoms with E-state index in [1.807, 2.05) is 4.90 Å². The molecule has 13 heteroatoms. The van der Waals surface area contributed by atoms with E-state index < -0.39 is 29.2 Å². The van der Waals surface area contributed by atoms with Gasteiger partial charge in [-0.25, -0.2) is 13.8 Å². The number of fused-ring (bicyclic) bond motifs is 1. The third kappa shape index (κ3) is 5.65. The van der Waals surface area contributed by atoms with Crippen molar-refractivity contribution in [3.63, 3.8) is 0 Å². The van der Waals surface area contributed by atoms with Crippen molar-refractivity contribution in [2.75, 3.05) is 35.7 Å². The lowest BCUT2D eigenvalue weighted by molar-refractivity contribution is -0.111. The maximum absolute atomic E-state index is 14.1. The first kappa shape index (κ1) is 27.5. The molecule has 5 rings (SSSR count). The molecule has 4 aromatic rings. The molecule has 0 saturated carbocycles. The minimum absolute atomic E-state index is 0.120. The van der Waals surface area contributed by atoms with Crippen LogP contribution in [0.4, 0.5) is 31.8 Å². The zero-order valence-corrected chi connectivity index (χ0v) is 22.1. The molecule has 1 aliphatic heterocycles. The van der Waals surface area contributed by atoms with Crippen molar-refractivity contribution in [2.24, 2.45) is 7.05 Å². The van der Waals surface area contributed by atoms with Gasteiger partial charge in [0, 0.05) is 43.9 Å². The number of halogens is 2. The molecule has 3 heterocycles. The second-order valence-corrected chi connectivity index (χ2v) is 9.30. The van der Waals surface area contributed by atoms with Gasteiger partial charge in [0.2, 0.25) is 11.9 Å². The van der Waals surface area contributed by atoms with Crippen molar-refractivity contribution < 1.29 is 28.2 Å². The number of aromatic nitrogens is 3. The van der Waals surface area contributed by atoms with Gasteiger partial charge < -0.3 is 30.1 Å². The number of ether oxygens (including phenoxy) is 2. The molecule has 1 unspecified atom stereocenters. The van der Waals surface area contributed by atoms with Gasteiger partial charge in [-0.15, -0.1) is 0 Å². The van der Waals surface area contributed by atoms with Crippen molar-refractivity contribution in [3.8, 4) is 17.2 Å². The lowest BCUT2D eigenvalue weighted by Crippen LogP contribution is -2.23. The number of nitrogens with one attached hydrogen (secondary N) is 2. The number of β-amino-alcohol motifs (C(OH)–C–C–N with tert-alkyl or cyclic N) is 1. The molecule has 1 aliphatic rings. The van der Waals surface area contributed by atoms with E-state index in [1.165, 1.54) is 31.0 Å². The molecule has 212 valence electrons. The molecule has 1 fully saturated rings. The fourth-order valence-corrected chi connectivity index (χ4v) is 4.49. The standard InChI is InChI=1S/C28H26F2N6O5/c1-4-25(38)32-19-11-20(23(40-3)12-21(19)36-8-7-17(37)14-36)33-28-31-13-15-9-24(27(39)35(2)26(15)34-28)41-22-6-5-16(29)10-18(22)30/h4-6,9-13,17,37H,1,7-8,14H2,2-3H3,(H,32,38)(H,31,33,34). The average molecular weight is 565 g/mol. The molecule has 0 radical (unpaired) electrons. The van der Waals surface area contributed by atoms with Crippen LogP contribution in [0.3, 0.4) is 0 Å². The van der Waals surface area contributed by atoms with Crippen LogP contribution in [0.25, 0.3) is 11.0 Å². The highest BCUT2D eigenvalue weighted by Gasteiger charge is 2.25. The molecule has 11 nitrogen and oxygen atoms in total. The SMILES string of the molecule is C=CC(=O)Nc1cc(Nc2ncc3cc(Oc4ccc(F)cc4F)c(=O)n(C)c3n2)c(OC)cc1N1CCC(O)C1. The van der Waals surface area contributed by atoms with Crippen molar-refractivity contribution in [1.82, 2.24) is 14.5 Å². The summed E-state index contributed by atoms with van der Waals surface area (Å²) in [6, 6.07) is 7.52. The number of carbonyl (C=O) groups excluding carboxylic acids is 1. The zero-order valence-electron chi connectivity index (χ0n) is 22.1. The topological polar surface area (TPSA) is 131 Å². The number of carbonyl (C=O) groups is 1. The number of aryl methyl sites for hydroxylation is 1. The van der Waals surface area contributed by atoms with E-state index in [0.29, 0.717) is 53.8 Å². The number of anilines is 4. The fourth-order valence-electron chi connectivity index (χ4n) is 4.49. The molecular formula is C28H26F2N6O5. The predicted octanol–water partition coefficient (Wildman–Crippen LogP) is 3.85. The van der Waals surface area contributed by atoms with Crippen LogP contribution in [0, 0.1) is 11.6 Å². The molecular weight excluding hydrogens is 538 g/mol. The number of pyridine rings is 1. The Morgan fingerprint density at radius 1 is 1.17 bits per heavy atom. The lowest BCUT2D eigenvalue weighted by Gasteiger charge is -2.24. The molecule has 1 amide bonds. The van der Waals surface area contributed by atoms with Crippen LogP contribution in [0.1, 0.15) is 6.42 Å². The molecule has 0 spiro atoms. The summed E-state index contributed by atoms with van der Waals surface area (Å²) in [6.45, 7) is 4.49. The maximum Gasteiger partial charge on any atom is 0.294 e. The highest BCUT2D eigenvalue weighted by molar-refractivity contribution is 6.02. The van der Waals surface area contributed by atoms with Gasteiger partial charge in [-0.3, -0.25) is 14.2 Å². The lowest BCUT2D eigenvalue weighted by atomic mass is 10.2. The van der Waals surface area contributed by atoms with E-state index in [2.05, 4.69) is 27.2 Å². The number of aliphatic hydroxyl groups excluding tert-OH is 1. The van der Waals surface area contributed by atoms with Crippen molar-refractivity contribution >= 4 is 40.0 Å². The average Bonchev–Trinajstić information content (AvgIpc) is 3.39. The van der Waals surface area contributed by atoms with Gasteiger partial charge in [0.1, 0.15) is 17.2 Å². The summed E-state index contributed by atoms with van der Waals surface area (Å²) in [5.74, 6) is -2.10. The van der Waals surface area contributed by atoms with Crippen LogP contribution >= 0.6 is 0 Å². The molecule has 1 atom stereocenters. The molecule has 1 saturated heterocycles. The number of nitrogens with zero attached hydrogens (tertiary/aromatic N) is 4. The van der Waals surface area contributed by atoms with Crippen molar-refractivity contribution in [1.29, 1.82) is 0 Å². The fraction of sp³-hybridized carbons (Fsp3) is 0.214. The Hall–Kier alpha value is -5.04. The Bertz CT molecular complexity index is 1730. The minimum atomic E-state index is -0.951. The number of methoxy groups -OCH3 is 1. The molecule has 3 N–H and O–H groups in total. The summed E-state index contributed by atoms with van der Waals surface area (Å²) in [4.78, 5) is 35.9. The summed E-state index contributed by atoms with van der Waals surface area (Å²) >= 11 is 0. The van der Waals surface area contributed by atoms with Crippen LogP contribution in [-0.4, -0.2) is 51.9 Å². The quantitative estimate of drug-likeness (QED) is 0.273. The normalized spacial score (nSPS) is 14.7. The van der Waals surface area contributed by atoms with E-state index in [-0.39, 0.29) is 23.1 Å². The number of benzene rings is 2. The Balaban J connectivity index is 1.49. The largest absolute Gasteiger partial charge is 0.494 e. The third-order valence-electron chi connectivity index (χ3n) is 6.54. The molecule has 2 aromatic carbocycles. The second kappa shape index (κ2) is 11.2.